The van der Waals surface area contributed by atoms with Crippen molar-refractivity contribution >= 4 is 46.9 Å². The Morgan fingerprint density at radius 3 is 2.67 bits per heavy atom. The summed E-state index contributed by atoms with van der Waals surface area (Å²) in [5.74, 6) is 4.01. The molecule has 0 radical (unpaired) electrons. The van der Waals surface area contributed by atoms with E-state index in [0.717, 1.165) is 0 Å². The zero-order valence-corrected chi connectivity index (χ0v) is 9.45. The fourth-order valence-electron chi connectivity index (χ4n) is 0.863. The summed E-state index contributed by atoms with van der Waals surface area (Å²) < 4.78 is -2.00. The number of nitrogens with one attached hydrogen (secondary N) is 1. The average Bonchev–Trinajstić information content (AvgIpc) is 2.60. The molecule has 0 spiro atoms. The standard InChI is InChI=1S/C9H4Cl3NO2/c10-9(11,12)8(15)7-4-6(5-13-7)2-1-3-14/h3-5,13H. The lowest BCUT2D eigenvalue weighted by molar-refractivity contribution is -0.103. The lowest BCUT2D eigenvalue weighted by atomic mass is 10.2. The van der Waals surface area contributed by atoms with E-state index >= 15 is 0 Å². The van der Waals surface area contributed by atoms with Gasteiger partial charge in [-0.2, -0.15) is 0 Å². The molecule has 0 fully saturated rings. The predicted octanol–water partition coefficient (Wildman–Crippen LogP) is 2.12. The molecule has 1 heterocycles. The molecule has 3 nitrogen and oxygen atoms in total. The van der Waals surface area contributed by atoms with Gasteiger partial charge in [0.25, 0.3) is 3.79 Å². The van der Waals surface area contributed by atoms with Crippen LogP contribution in [0.15, 0.2) is 12.3 Å². The molecule has 0 bridgehead atoms. The van der Waals surface area contributed by atoms with Gasteiger partial charge in [0.05, 0.1) is 5.69 Å². The summed E-state index contributed by atoms with van der Waals surface area (Å²) in [6.07, 6.45) is 1.89. The first-order chi connectivity index (χ1) is 6.95. The number of aldehydes is 1. The maximum absolute atomic E-state index is 11.4. The first-order valence-corrected chi connectivity index (χ1v) is 4.83. The molecule has 0 aliphatic heterocycles. The number of aromatic amines is 1. The lowest BCUT2D eigenvalue weighted by Gasteiger charge is -2.06. The normalized spacial score (nSPS) is 10.3. The molecule has 1 N–H and O–H groups in total. The quantitative estimate of drug-likeness (QED) is 0.365. The minimum atomic E-state index is -2.00. The minimum Gasteiger partial charge on any atom is -0.357 e. The molecule has 1 aromatic rings. The van der Waals surface area contributed by atoms with Crippen LogP contribution in [0.5, 0.6) is 0 Å². The van der Waals surface area contributed by atoms with Gasteiger partial charge in [-0.3, -0.25) is 9.59 Å². The van der Waals surface area contributed by atoms with E-state index in [1.807, 2.05) is 0 Å². The van der Waals surface area contributed by atoms with Crippen molar-refractivity contribution in [3.05, 3.63) is 23.5 Å². The number of carbonyl (C=O) groups is 2. The Morgan fingerprint density at radius 1 is 1.47 bits per heavy atom. The fraction of sp³-hybridized carbons (Fsp3) is 0.111. The van der Waals surface area contributed by atoms with Gasteiger partial charge in [0.2, 0.25) is 5.78 Å². The van der Waals surface area contributed by atoms with Crippen LogP contribution >= 0.6 is 34.8 Å². The summed E-state index contributed by atoms with van der Waals surface area (Å²) in [4.78, 5) is 24.0. The van der Waals surface area contributed by atoms with Gasteiger partial charge in [-0.25, -0.2) is 0 Å². The van der Waals surface area contributed by atoms with Gasteiger partial charge in [-0.1, -0.05) is 40.7 Å². The van der Waals surface area contributed by atoms with E-state index in [1.54, 1.807) is 0 Å². The van der Waals surface area contributed by atoms with Crippen molar-refractivity contribution < 1.29 is 9.59 Å². The second kappa shape index (κ2) is 4.71. The Kier molecular flexibility index (Phi) is 3.81. The molecule has 0 atom stereocenters. The van der Waals surface area contributed by atoms with E-state index in [2.05, 4.69) is 16.8 Å². The Labute approximate surface area is 101 Å². The number of alkyl halides is 3. The van der Waals surface area contributed by atoms with Crippen LogP contribution in [0.25, 0.3) is 0 Å². The zero-order valence-electron chi connectivity index (χ0n) is 7.18. The fourth-order valence-corrected chi connectivity index (χ4v) is 1.17. The smallest absolute Gasteiger partial charge is 0.254 e. The van der Waals surface area contributed by atoms with Crippen LogP contribution in [0.2, 0.25) is 0 Å². The topological polar surface area (TPSA) is 49.9 Å². The summed E-state index contributed by atoms with van der Waals surface area (Å²) in [7, 11) is 0. The van der Waals surface area contributed by atoms with Gasteiger partial charge in [-0.05, 0) is 12.0 Å². The third-order valence-electron chi connectivity index (χ3n) is 1.46. The van der Waals surface area contributed by atoms with Crippen molar-refractivity contribution in [1.29, 1.82) is 0 Å². The molecule has 6 heteroatoms. The molecule has 0 amide bonds. The first kappa shape index (κ1) is 12.1. The largest absolute Gasteiger partial charge is 0.357 e. The number of carbonyl (C=O) groups excluding carboxylic acids is 2. The van der Waals surface area contributed by atoms with Crippen molar-refractivity contribution in [2.75, 3.05) is 0 Å². The Morgan fingerprint density at radius 2 is 2.13 bits per heavy atom. The molecule has 0 saturated carbocycles. The summed E-state index contributed by atoms with van der Waals surface area (Å²) >= 11 is 16.2. The number of aromatic nitrogens is 1. The van der Waals surface area contributed by atoms with Crippen molar-refractivity contribution in [2.45, 2.75) is 3.79 Å². The van der Waals surface area contributed by atoms with E-state index in [9.17, 15) is 9.59 Å². The highest BCUT2D eigenvalue weighted by atomic mass is 35.6. The van der Waals surface area contributed by atoms with Gasteiger partial charge in [0.15, 0.2) is 6.29 Å². The van der Waals surface area contributed by atoms with E-state index in [0.29, 0.717) is 11.8 Å². The van der Waals surface area contributed by atoms with Crippen LogP contribution in [0.1, 0.15) is 16.1 Å². The van der Waals surface area contributed by atoms with E-state index in [-0.39, 0.29) is 5.69 Å². The van der Waals surface area contributed by atoms with Gasteiger partial charge >= 0.3 is 0 Å². The molecule has 0 aromatic carbocycles. The number of ketones is 1. The van der Waals surface area contributed by atoms with Gasteiger partial charge in [0.1, 0.15) is 0 Å². The number of Topliss-reactive ketones (excluding diaryl/α,β-unsaturated/α-hetero) is 1. The number of hydrogen-bond acceptors (Lipinski definition) is 2. The second-order valence-electron chi connectivity index (χ2n) is 2.52. The summed E-state index contributed by atoms with van der Waals surface area (Å²) in [5.41, 5.74) is 0.602. The second-order valence-corrected chi connectivity index (χ2v) is 4.80. The first-order valence-electron chi connectivity index (χ1n) is 3.70. The molecule has 0 aliphatic rings. The maximum atomic E-state index is 11.4. The Bertz CT molecular complexity index is 448. The van der Waals surface area contributed by atoms with E-state index < -0.39 is 9.58 Å². The highest BCUT2D eigenvalue weighted by Gasteiger charge is 2.32. The van der Waals surface area contributed by atoms with Gasteiger partial charge in [0, 0.05) is 11.8 Å². The maximum Gasteiger partial charge on any atom is 0.254 e. The van der Waals surface area contributed by atoms with E-state index in [4.69, 9.17) is 34.8 Å². The molecular formula is C9H4Cl3NO2. The predicted molar refractivity (Wildman–Crippen MR) is 58.4 cm³/mol. The molecule has 78 valence electrons. The Balaban J connectivity index is 2.94. The third-order valence-corrected chi connectivity index (χ3v) is 1.98. The van der Waals surface area contributed by atoms with Crippen molar-refractivity contribution in [2.24, 2.45) is 0 Å². The van der Waals surface area contributed by atoms with Crippen LogP contribution < -0.4 is 0 Å². The SMILES string of the molecule is O=CC#Cc1c[nH]c(C(=O)C(Cl)(Cl)Cl)c1. The number of H-pyrrole nitrogens is 1. The van der Waals surface area contributed by atoms with Gasteiger partial charge < -0.3 is 4.98 Å². The number of halogens is 3. The summed E-state index contributed by atoms with van der Waals surface area (Å²) in [6, 6.07) is 1.40. The molecule has 0 saturated heterocycles. The Hall–Kier alpha value is -0.950. The number of rotatable bonds is 1. The zero-order chi connectivity index (χ0) is 11.5. The van der Waals surface area contributed by atoms with Crippen LogP contribution in [-0.2, 0) is 4.79 Å². The highest BCUT2D eigenvalue weighted by molar-refractivity contribution is 6.77. The molecule has 1 aromatic heterocycles. The van der Waals surface area contributed by atoms with Crippen molar-refractivity contribution in [3.8, 4) is 11.8 Å². The lowest BCUT2D eigenvalue weighted by Crippen LogP contribution is -2.19. The van der Waals surface area contributed by atoms with Crippen LogP contribution in [0, 0.1) is 11.8 Å². The summed E-state index contributed by atoms with van der Waals surface area (Å²) in [5, 5.41) is 0. The average molecular weight is 264 g/mol. The minimum absolute atomic E-state index is 0.130. The number of hydrogen-bond donors (Lipinski definition) is 1. The monoisotopic (exact) mass is 263 g/mol. The van der Waals surface area contributed by atoms with E-state index in [1.165, 1.54) is 12.3 Å². The summed E-state index contributed by atoms with van der Waals surface area (Å²) in [6.45, 7) is 0. The van der Waals surface area contributed by atoms with Crippen molar-refractivity contribution in [1.82, 2.24) is 4.98 Å². The molecular weight excluding hydrogens is 260 g/mol. The molecule has 1 rings (SSSR count). The van der Waals surface area contributed by atoms with Crippen LogP contribution in [-0.4, -0.2) is 20.8 Å². The van der Waals surface area contributed by atoms with Gasteiger partial charge in [-0.15, -0.1) is 0 Å². The van der Waals surface area contributed by atoms with Crippen molar-refractivity contribution in [3.63, 3.8) is 0 Å². The molecule has 0 unspecified atom stereocenters. The van der Waals surface area contributed by atoms with Crippen LogP contribution in [0.4, 0.5) is 0 Å². The van der Waals surface area contributed by atoms with Crippen LogP contribution in [0.3, 0.4) is 0 Å². The highest BCUT2D eigenvalue weighted by Crippen LogP contribution is 2.30. The third kappa shape index (κ3) is 3.28. The molecule has 15 heavy (non-hydrogen) atoms. The molecule has 0 aliphatic carbocycles.